The van der Waals surface area contributed by atoms with Crippen molar-refractivity contribution in [2.75, 3.05) is 13.7 Å². The number of nitrogens with one attached hydrogen (secondary N) is 1. The summed E-state index contributed by atoms with van der Waals surface area (Å²) in [7, 11) is 1.43. The highest BCUT2D eigenvalue weighted by Crippen LogP contribution is 2.22. The Kier molecular flexibility index (Phi) is 4.07. The van der Waals surface area contributed by atoms with Crippen molar-refractivity contribution in [3.05, 3.63) is 29.6 Å². The lowest BCUT2D eigenvalue weighted by Gasteiger charge is -2.13. The first kappa shape index (κ1) is 11.5. The van der Waals surface area contributed by atoms with E-state index in [0.29, 0.717) is 0 Å². The van der Waals surface area contributed by atoms with Gasteiger partial charge in [0, 0.05) is 6.04 Å². The van der Waals surface area contributed by atoms with E-state index in [9.17, 15) is 4.39 Å². The second-order valence-corrected chi connectivity index (χ2v) is 3.15. The van der Waals surface area contributed by atoms with E-state index in [-0.39, 0.29) is 24.2 Å². The van der Waals surface area contributed by atoms with Crippen LogP contribution in [0.4, 0.5) is 4.39 Å². The summed E-state index contributed by atoms with van der Waals surface area (Å²) in [6.07, 6.45) is 0. The summed E-state index contributed by atoms with van der Waals surface area (Å²) >= 11 is 0. The van der Waals surface area contributed by atoms with Gasteiger partial charge in [0.15, 0.2) is 11.6 Å². The van der Waals surface area contributed by atoms with Crippen LogP contribution in [0, 0.1) is 17.1 Å². The van der Waals surface area contributed by atoms with Crippen molar-refractivity contribution in [3.63, 3.8) is 0 Å². The molecule has 0 bridgehead atoms. The van der Waals surface area contributed by atoms with Crippen LogP contribution in [0.3, 0.4) is 0 Å². The lowest BCUT2D eigenvalue weighted by Crippen LogP contribution is -2.18. The third-order valence-electron chi connectivity index (χ3n) is 2.16. The highest BCUT2D eigenvalue weighted by molar-refractivity contribution is 5.31. The molecule has 1 unspecified atom stereocenters. The average molecular weight is 208 g/mol. The van der Waals surface area contributed by atoms with Crippen molar-refractivity contribution < 1.29 is 9.13 Å². The van der Waals surface area contributed by atoms with Crippen molar-refractivity contribution in [2.45, 2.75) is 13.0 Å². The Morgan fingerprint density at radius 2 is 2.33 bits per heavy atom. The molecule has 0 heterocycles. The molecule has 0 fully saturated rings. The minimum Gasteiger partial charge on any atom is -0.494 e. The van der Waals surface area contributed by atoms with E-state index in [4.69, 9.17) is 10.00 Å². The number of halogens is 1. The molecular formula is C11H13FN2O. The van der Waals surface area contributed by atoms with Crippen molar-refractivity contribution in [2.24, 2.45) is 0 Å². The fraction of sp³-hybridized carbons (Fsp3) is 0.364. The Hall–Kier alpha value is -1.60. The SMILES string of the molecule is COc1cc(C(C)NCC#N)ccc1F. The van der Waals surface area contributed by atoms with Gasteiger partial charge in [-0.15, -0.1) is 0 Å². The molecule has 0 saturated carbocycles. The first-order chi connectivity index (χ1) is 7.19. The minimum atomic E-state index is -0.381. The molecule has 4 heteroatoms. The smallest absolute Gasteiger partial charge is 0.165 e. The number of hydrogen-bond acceptors (Lipinski definition) is 3. The van der Waals surface area contributed by atoms with Crippen LogP contribution >= 0.6 is 0 Å². The van der Waals surface area contributed by atoms with Crippen molar-refractivity contribution in [3.8, 4) is 11.8 Å². The molecule has 1 N–H and O–H groups in total. The second-order valence-electron chi connectivity index (χ2n) is 3.15. The van der Waals surface area contributed by atoms with E-state index in [1.807, 2.05) is 13.0 Å². The number of ether oxygens (including phenoxy) is 1. The van der Waals surface area contributed by atoms with Crippen LogP contribution in [0.25, 0.3) is 0 Å². The number of benzene rings is 1. The minimum absolute atomic E-state index is 0.000787. The number of nitriles is 1. The van der Waals surface area contributed by atoms with Crippen LogP contribution in [-0.2, 0) is 0 Å². The molecule has 0 aliphatic rings. The van der Waals surface area contributed by atoms with Gasteiger partial charge in [0.2, 0.25) is 0 Å². The molecule has 3 nitrogen and oxygen atoms in total. The van der Waals surface area contributed by atoms with Crippen LogP contribution in [0.1, 0.15) is 18.5 Å². The van der Waals surface area contributed by atoms with E-state index in [2.05, 4.69) is 5.32 Å². The second kappa shape index (κ2) is 5.32. The Labute approximate surface area is 88.5 Å². The maximum Gasteiger partial charge on any atom is 0.165 e. The van der Waals surface area contributed by atoms with Crippen LogP contribution < -0.4 is 10.1 Å². The summed E-state index contributed by atoms with van der Waals surface area (Å²) in [5.74, 6) is -0.160. The van der Waals surface area contributed by atoms with E-state index in [1.165, 1.54) is 13.2 Å². The maximum absolute atomic E-state index is 13.1. The number of rotatable bonds is 4. The van der Waals surface area contributed by atoms with Gasteiger partial charge in [0.05, 0.1) is 19.7 Å². The Balaban J connectivity index is 2.82. The number of nitrogens with zero attached hydrogens (tertiary/aromatic N) is 1. The lowest BCUT2D eigenvalue weighted by molar-refractivity contribution is 0.385. The van der Waals surface area contributed by atoms with Gasteiger partial charge in [-0.1, -0.05) is 6.07 Å². The molecule has 0 spiro atoms. The predicted molar refractivity (Wildman–Crippen MR) is 55.0 cm³/mol. The molecule has 0 aliphatic heterocycles. The zero-order chi connectivity index (χ0) is 11.3. The van der Waals surface area contributed by atoms with Gasteiger partial charge in [-0.2, -0.15) is 5.26 Å². The lowest BCUT2D eigenvalue weighted by atomic mass is 10.1. The van der Waals surface area contributed by atoms with Gasteiger partial charge >= 0.3 is 0 Å². The summed E-state index contributed by atoms with van der Waals surface area (Å²) in [5.41, 5.74) is 0.892. The molecule has 0 amide bonds. The standard InChI is InChI=1S/C11H13FN2O/c1-8(14-6-5-13)9-3-4-10(12)11(7-9)15-2/h3-4,7-8,14H,6H2,1-2H3. The molecule has 0 aliphatic carbocycles. The molecule has 15 heavy (non-hydrogen) atoms. The van der Waals surface area contributed by atoms with Gasteiger partial charge in [0.25, 0.3) is 0 Å². The highest BCUT2D eigenvalue weighted by atomic mass is 19.1. The summed E-state index contributed by atoms with van der Waals surface area (Å²) in [6.45, 7) is 2.17. The quantitative estimate of drug-likeness (QED) is 0.770. The van der Waals surface area contributed by atoms with Gasteiger partial charge in [-0.25, -0.2) is 4.39 Å². The third kappa shape index (κ3) is 2.93. The molecule has 1 aromatic carbocycles. The topological polar surface area (TPSA) is 45.0 Å². The Morgan fingerprint density at radius 1 is 1.60 bits per heavy atom. The number of methoxy groups -OCH3 is 1. The zero-order valence-corrected chi connectivity index (χ0v) is 8.75. The molecule has 0 radical (unpaired) electrons. The molecule has 1 atom stereocenters. The Bertz CT molecular complexity index is 373. The first-order valence-electron chi connectivity index (χ1n) is 4.62. The number of hydrogen-bond donors (Lipinski definition) is 1. The van der Waals surface area contributed by atoms with Crippen molar-refractivity contribution in [1.29, 1.82) is 5.26 Å². The van der Waals surface area contributed by atoms with Crippen LogP contribution in [0.5, 0.6) is 5.75 Å². The van der Waals surface area contributed by atoms with Gasteiger partial charge in [0.1, 0.15) is 0 Å². The molecule has 1 aromatic rings. The van der Waals surface area contributed by atoms with Crippen LogP contribution in [-0.4, -0.2) is 13.7 Å². The summed E-state index contributed by atoms with van der Waals surface area (Å²) in [4.78, 5) is 0. The maximum atomic E-state index is 13.1. The van der Waals surface area contributed by atoms with Crippen LogP contribution in [0.15, 0.2) is 18.2 Å². The fourth-order valence-electron chi connectivity index (χ4n) is 1.26. The molecule has 1 rings (SSSR count). The molecule has 80 valence electrons. The van der Waals surface area contributed by atoms with Gasteiger partial charge in [-0.3, -0.25) is 5.32 Å². The van der Waals surface area contributed by atoms with Crippen molar-refractivity contribution >= 4 is 0 Å². The Morgan fingerprint density at radius 3 is 2.93 bits per heavy atom. The van der Waals surface area contributed by atoms with Crippen molar-refractivity contribution in [1.82, 2.24) is 5.32 Å². The first-order valence-corrected chi connectivity index (χ1v) is 4.62. The molecule has 0 aromatic heterocycles. The average Bonchev–Trinajstić information content (AvgIpc) is 2.26. The largest absolute Gasteiger partial charge is 0.494 e. The normalized spacial score (nSPS) is 11.9. The summed E-state index contributed by atoms with van der Waals surface area (Å²) in [5, 5.41) is 11.4. The molecule has 0 saturated heterocycles. The van der Waals surface area contributed by atoms with Crippen LogP contribution in [0.2, 0.25) is 0 Å². The zero-order valence-electron chi connectivity index (χ0n) is 8.75. The van der Waals surface area contributed by atoms with E-state index >= 15 is 0 Å². The summed E-state index contributed by atoms with van der Waals surface area (Å²) in [6, 6.07) is 6.65. The van der Waals surface area contributed by atoms with E-state index in [0.717, 1.165) is 5.56 Å². The third-order valence-corrected chi connectivity index (χ3v) is 2.16. The summed E-state index contributed by atoms with van der Waals surface area (Å²) < 4.78 is 18.0. The van der Waals surface area contributed by atoms with Gasteiger partial charge < -0.3 is 4.74 Å². The predicted octanol–water partition coefficient (Wildman–Crippen LogP) is 2.01. The van der Waals surface area contributed by atoms with Gasteiger partial charge in [-0.05, 0) is 24.6 Å². The molecular weight excluding hydrogens is 195 g/mol. The van der Waals surface area contributed by atoms with E-state index < -0.39 is 0 Å². The van der Waals surface area contributed by atoms with E-state index in [1.54, 1.807) is 12.1 Å². The monoisotopic (exact) mass is 208 g/mol. The fourth-order valence-corrected chi connectivity index (χ4v) is 1.26. The highest BCUT2D eigenvalue weighted by Gasteiger charge is 2.08.